The average Bonchev–Trinajstić information content (AvgIpc) is 3.32. The van der Waals surface area contributed by atoms with Crippen LogP contribution in [0.2, 0.25) is 0 Å². The molecular weight excluding hydrogens is 351 g/mol. The van der Waals surface area contributed by atoms with Crippen LogP contribution in [0.4, 0.5) is 9.18 Å². The highest BCUT2D eigenvalue weighted by Gasteiger charge is 2.48. The van der Waals surface area contributed by atoms with E-state index in [9.17, 15) is 14.0 Å². The highest BCUT2D eigenvalue weighted by molar-refractivity contribution is 5.95. The van der Waals surface area contributed by atoms with Crippen LogP contribution in [-0.4, -0.2) is 53.6 Å². The highest BCUT2D eigenvalue weighted by Crippen LogP contribution is 2.28. The van der Waals surface area contributed by atoms with E-state index in [4.69, 9.17) is 9.15 Å². The number of furan rings is 1. The maximum Gasteiger partial charge on any atom is 0.410 e. The monoisotopic (exact) mass is 372 g/mol. The minimum atomic E-state index is -0.323. The number of benzene rings is 1. The van der Waals surface area contributed by atoms with Crippen LogP contribution >= 0.6 is 0 Å². The normalized spacial score (nSPS) is 21.5. The van der Waals surface area contributed by atoms with Crippen molar-refractivity contribution in [2.45, 2.75) is 31.9 Å². The summed E-state index contributed by atoms with van der Waals surface area (Å²) in [5.74, 6) is 0.233. The molecule has 2 aliphatic heterocycles. The lowest BCUT2D eigenvalue weighted by Crippen LogP contribution is -2.39. The Labute approximate surface area is 156 Å². The smallest absolute Gasteiger partial charge is 0.410 e. The Bertz CT molecular complexity index is 848. The molecule has 0 aliphatic carbocycles. The molecule has 1 aromatic heterocycles. The van der Waals surface area contributed by atoms with Crippen molar-refractivity contribution in [2.75, 3.05) is 19.6 Å². The Morgan fingerprint density at radius 2 is 2.00 bits per heavy atom. The molecule has 0 unspecified atom stereocenters. The molecule has 7 heteroatoms. The van der Waals surface area contributed by atoms with E-state index in [1.165, 1.54) is 18.4 Å². The van der Waals surface area contributed by atoms with Gasteiger partial charge < -0.3 is 14.1 Å². The lowest BCUT2D eigenvalue weighted by atomic mass is 10.1. The summed E-state index contributed by atoms with van der Waals surface area (Å²) in [7, 11) is 0. The van der Waals surface area contributed by atoms with Gasteiger partial charge in [0.1, 0.15) is 17.7 Å². The number of carbonyl (C=O) groups excluding carboxylic acids is 2. The fourth-order valence-electron chi connectivity index (χ4n) is 3.81. The molecule has 2 amide bonds. The van der Waals surface area contributed by atoms with Gasteiger partial charge in [0.2, 0.25) is 0 Å². The number of rotatable bonds is 5. The van der Waals surface area contributed by atoms with Crippen molar-refractivity contribution in [3.63, 3.8) is 0 Å². The Morgan fingerprint density at radius 1 is 1.22 bits per heavy atom. The number of hydrogen-bond acceptors (Lipinski definition) is 4. The van der Waals surface area contributed by atoms with E-state index in [1.807, 2.05) is 0 Å². The molecule has 0 N–H and O–H groups in total. The Balaban J connectivity index is 1.36. The molecule has 2 aliphatic rings. The topological polar surface area (TPSA) is 63.0 Å². The quantitative estimate of drug-likeness (QED) is 0.809. The number of aryl methyl sites for hydroxylation is 2. The molecule has 3 heterocycles. The SMILES string of the molecule is Cc1occc1C(=O)N1C[C@@H]2OC(=O)N(CCCc3ccc(F)cc3)[C@@H]2C1. The van der Waals surface area contributed by atoms with Crippen molar-refractivity contribution >= 4 is 12.0 Å². The molecule has 0 bridgehead atoms. The number of ether oxygens (including phenoxy) is 1. The first-order valence-electron chi connectivity index (χ1n) is 9.08. The van der Waals surface area contributed by atoms with Crippen molar-refractivity contribution in [3.05, 3.63) is 59.3 Å². The van der Waals surface area contributed by atoms with Gasteiger partial charge in [0.05, 0.1) is 24.4 Å². The number of nitrogens with zero attached hydrogens (tertiary/aromatic N) is 2. The van der Waals surface area contributed by atoms with Crippen molar-refractivity contribution in [1.29, 1.82) is 0 Å². The number of amides is 2. The van der Waals surface area contributed by atoms with E-state index in [-0.39, 0.29) is 30.0 Å². The number of hydrogen-bond donors (Lipinski definition) is 0. The summed E-state index contributed by atoms with van der Waals surface area (Å²) in [5.41, 5.74) is 1.57. The number of fused-ring (bicyclic) bond motifs is 1. The van der Waals surface area contributed by atoms with Crippen LogP contribution in [0.1, 0.15) is 28.1 Å². The molecular formula is C20H21FN2O4. The van der Waals surface area contributed by atoms with Crippen molar-refractivity contribution in [2.24, 2.45) is 0 Å². The van der Waals surface area contributed by atoms with Crippen LogP contribution in [0.25, 0.3) is 0 Å². The van der Waals surface area contributed by atoms with Gasteiger partial charge >= 0.3 is 6.09 Å². The second kappa shape index (κ2) is 7.06. The summed E-state index contributed by atoms with van der Waals surface area (Å²) >= 11 is 0. The van der Waals surface area contributed by atoms with Gasteiger partial charge in [0.15, 0.2) is 0 Å². The van der Waals surface area contributed by atoms with Gasteiger partial charge in [-0.05, 0) is 43.5 Å². The van der Waals surface area contributed by atoms with Crippen LogP contribution < -0.4 is 0 Å². The fourth-order valence-corrected chi connectivity index (χ4v) is 3.81. The largest absolute Gasteiger partial charge is 0.469 e. The zero-order valence-electron chi connectivity index (χ0n) is 15.1. The summed E-state index contributed by atoms with van der Waals surface area (Å²) in [4.78, 5) is 28.2. The van der Waals surface area contributed by atoms with Gasteiger partial charge in [-0.3, -0.25) is 9.69 Å². The van der Waals surface area contributed by atoms with Crippen molar-refractivity contribution < 1.29 is 23.1 Å². The molecule has 0 saturated carbocycles. The highest BCUT2D eigenvalue weighted by atomic mass is 19.1. The zero-order valence-corrected chi connectivity index (χ0v) is 15.1. The summed E-state index contributed by atoms with van der Waals surface area (Å²) in [5, 5.41) is 0. The molecule has 2 aromatic rings. The third-order valence-corrected chi connectivity index (χ3v) is 5.28. The third kappa shape index (κ3) is 3.41. The molecule has 0 spiro atoms. The summed E-state index contributed by atoms with van der Waals surface area (Å²) in [6.07, 6.45) is 2.38. The van der Waals surface area contributed by atoms with Crippen LogP contribution in [-0.2, 0) is 11.2 Å². The number of halogens is 1. The summed E-state index contributed by atoms with van der Waals surface area (Å²) in [6, 6.07) is 7.93. The van der Waals surface area contributed by atoms with Gasteiger partial charge in [-0.25, -0.2) is 9.18 Å². The first-order chi connectivity index (χ1) is 13.0. The predicted octanol–water partition coefficient (Wildman–Crippen LogP) is 3.01. The van der Waals surface area contributed by atoms with E-state index in [0.29, 0.717) is 31.0 Å². The predicted molar refractivity (Wildman–Crippen MR) is 94.8 cm³/mol. The molecule has 2 saturated heterocycles. The average molecular weight is 372 g/mol. The molecule has 1 aromatic carbocycles. The van der Waals surface area contributed by atoms with Crippen LogP contribution in [0.3, 0.4) is 0 Å². The molecule has 142 valence electrons. The van der Waals surface area contributed by atoms with E-state index in [1.54, 1.807) is 34.9 Å². The lowest BCUT2D eigenvalue weighted by molar-refractivity contribution is 0.0726. The molecule has 27 heavy (non-hydrogen) atoms. The molecule has 4 rings (SSSR count). The second-order valence-corrected chi connectivity index (χ2v) is 7.01. The minimum Gasteiger partial charge on any atom is -0.469 e. The Hall–Kier alpha value is -2.83. The van der Waals surface area contributed by atoms with E-state index in [0.717, 1.165) is 18.4 Å². The first kappa shape index (κ1) is 17.6. The molecule has 6 nitrogen and oxygen atoms in total. The van der Waals surface area contributed by atoms with Crippen molar-refractivity contribution in [3.8, 4) is 0 Å². The minimum absolute atomic E-state index is 0.0991. The van der Waals surface area contributed by atoms with E-state index < -0.39 is 0 Å². The van der Waals surface area contributed by atoms with Crippen LogP contribution in [0.5, 0.6) is 0 Å². The van der Waals surface area contributed by atoms with Gasteiger partial charge in [0, 0.05) is 13.1 Å². The van der Waals surface area contributed by atoms with Gasteiger partial charge in [-0.1, -0.05) is 12.1 Å². The maximum atomic E-state index is 13.0. The Kier molecular flexibility index (Phi) is 4.59. The lowest BCUT2D eigenvalue weighted by Gasteiger charge is -2.22. The van der Waals surface area contributed by atoms with E-state index in [2.05, 4.69) is 0 Å². The van der Waals surface area contributed by atoms with Crippen molar-refractivity contribution in [1.82, 2.24) is 9.80 Å². The van der Waals surface area contributed by atoms with E-state index >= 15 is 0 Å². The molecule has 2 atom stereocenters. The van der Waals surface area contributed by atoms with Gasteiger partial charge in [-0.2, -0.15) is 0 Å². The summed E-state index contributed by atoms with van der Waals surface area (Å²) < 4.78 is 23.7. The summed E-state index contributed by atoms with van der Waals surface area (Å²) in [6.45, 7) is 3.15. The van der Waals surface area contributed by atoms with Gasteiger partial charge in [-0.15, -0.1) is 0 Å². The van der Waals surface area contributed by atoms with Crippen LogP contribution in [0.15, 0.2) is 41.0 Å². The number of likely N-dealkylation sites (tertiary alicyclic amines) is 1. The molecule has 0 radical (unpaired) electrons. The number of carbonyl (C=O) groups is 2. The van der Waals surface area contributed by atoms with Gasteiger partial charge in [0.25, 0.3) is 5.91 Å². The fraction of sp³-hybridized carbons (Fsp3) is 0.400. The van der Waals surface area contributed by atoms with Crippen LogP contribution in [0, 0.1) is 12.7 Å². The first-order valence-corrected chi connectivity index (χ1v) is 9.08. The molecule has 2 fully saturated rings. The third-order valence-electron chi connectivity index (χ3n) is 5.28. The standard InChI is InChI=1S/C20H21FN2O4/c1-13-16(8-10-26-13)19(24)22-11-17-18(12-22)27-20(25)23(17)9-2-3-14-4-6-15(21)7-5-14/h4-8,10,17-18H,2-3,9,11-12H2,1H3/t17-,18+/m1/s1. The second-order valence-electron chi connectivity index (χ2n) is 7.01. The maximum absolute atomic E-state index is 13.0. The Morgan fingerprint density at radius 3 is 2.70 bits per heavy atom. The zero-order chi connectivity index (χ0) is 19.0.